The van der Waals surface area contributed by atoms with Crippen LogP contribution in [0.5, 0.6) is 0 Å². The number of rotatable bonds is 1. The molecule has 0 aliphatic carbocycles. The Hall–Kier alpha value is -2.76. The van der Waals surface area contributed by atoms with E-state index in [2.05, 4.69) is 10.2 Å². The topological polar surface area (TPSA) is 56.7 Å². The van der Waals surface area contributed by atoms with Crippen LogP contribution in [-0.2, 0) is 13.0 Å². The van der Waals surface area contributed by atoms with Gasteiger partial charge in [0.1, 0.15) is 0 Å². The summed E-state index contributed by atoms with van der Waals surface area (Å²) in [5, 5.41) is 8.36. The minimum absolute atomic E-state index is 0.505. The number of hydrogen-bond acceptors (Lipinski definition) is 3. The largest absolute Gasteiger partial charge is 0.399 e. The van der Waals surface area contributed by atoms with Gasteiger partial charge in [-0.05, 0) is 42.3 Å². The molecule has 0 bridgehead atoms. The summed E-state index contributed by atoms with van der Waals surface area (Å²) in [6, 6.07) is 9.46. The Balaban J connectivity index is 1.88. The summed E-state index contributed by atoms with van der Waals surface area (Å²) < 4.78 is 28.4. The van der Waals surface area contributed by atoms with Crippen LogP contribution in [-0.4, -0.2) is 14.8 Å². The van der Waals surface area contributed by atoms with Gasteiger partial charge in [0.05, 0.1) is 0 Å². The summed E-state index contributed by atoms with van der Waals surface area (Å²) in [6.45, 7) is 0.688. The maximum absolute atomic E-state index is 13.4. The van der Waals surface area contributed by atoms with Gasteiger partial charge in [0, 0.05) is 23.4 Å². The molecule has 2 aromatic carbocycles. The maximum atomic E-state index is 13.4. The number of nitrogen functional groups attached to an aromatic ring is 1. The van der Waals surface area contributed by atoms with E-state index in [0.29, 0.717) is 29.4 Å². The highest BCUT2D eigenvalue weighted by Crippen LogP contribution is 2.33. The zero-order chi connectivity index (χ0) is 15.3. The highest BCUT2D eigenvalue weighted by atomic mass is 19.2. The number of aromatic nitrogens is 3. The van der Waals surface area contributed by atoms with Gasteiger partial charge in [-0.3, -0.25) is 0 Å². The second-order valence-electron chi connectivity index (χ2n) is 5.29. The van der Waals surface area contributed by atoms with Crippen molar-refractivity contribution < 1.29 is 8.78 Å². The summed E-state index contributed by atoms with van der Waals surface area (Å²) in [7, 11) is 0. The third kappa shape index (κ3) is 1.88. The van der Waals surface area contributed by atoms with Gasteiger partial charge < -0.3 is 10.3 Å². The number of hydrogen-bond donors (Lipinski definition) is 1. The summed E-state index contributed by atoms with van der Waals surface area (Å²) in [5.41, 5.74) is 9.10. The molecular formula is C16H12F2N4. The van der Waals surface area contributed by atoms with Gasteiger partial charge in [0.2, 0.25) is 0 Å². The third-order valence-corrected chi connectivity index (χ3v) is 3.91. The van der Waals surface area contributed by atoms with E-state index in [1.807, 2.05) is 22.8 Å². The van der Waals surface area contributed by atoms with Gasteiger partial charge in [-0.15, -0.1) is 10.2 Å². The first kappa shape index (κ1) is 12.9. The van der Waals surface area contributed by atoms with Crippen molar-refractivity contribution in [1.82, 2.24) is 14.8 Å². The van der Waals surface area contributed by atoms with Gasteiger partial charge in [-0.1, -0.05) is 6.07 Å². The molecule has 6 heteroatoms. The molecule has 2 N–H and O–H groups in total. The summed E-state index contributed by atoms with van der Waals surface area (Å²) >= 11 is 0. The van der Waals surface area contributed by atoms with Crippen LogP contribution >= 0.6 is 0 Å². The molecule has 4 nitrogen and oxygen atoms in total. The Bertz CT molecular complexity index is 886. The SMILES string of the molecule is Nc1ccc2c(c1)-c1nnc(-c3ccc(F)c(F)c3)n1CC2. The molecule has 0 saturated carbocycles. The van der Waals surface area contributed by atoms with Crippen LogP contribution in [0.25, 0.3) is 22.8 Å². The molecular weight excluding hydrogens is 286 g/mol. The Morgan fingerprint density at radius 1 is 0.955 bits per heavy atom. The number of benzene rings is 2. The molecule has 0 radical (unpaired) electrons. The van der Waals surface area contributed by atoms with Crippen molar-refractivity contribution in [2.45, 2.75) is 13.0 Å². The van der Waals surface area contributed by atoms with Crippen LogP contribution in [0.15, 0.2) is 36.4 Å². The Kier molecular flexibility index (Phi) is 2.72. The normalized spacial score (nSPS) is 12.8. The Morgan fingerprint density at radius 2 is 1.77 bits per heavy atom. The first-order valence-corrected chi connectivity index (χ1v) is 6.91. The molecule has 3 aromatic rings. The Labute approximate surface area is 125 Å². The van der Waals surface area contributed by atoms with Crippen molar-refractivity contribution >= 4 is 5.69 Å². The average Bonchev–Trinajstić information content (AvgIpc) is 2.94. The van der Waals surface area contributed by atoms with Crippen molar-refractivity contribution in [2.24, 2.45) is 0 Å². The zero-order valence-electron chi connectivity index (χ0n) is 11.6. The molecule has 0 spiro atoms. The van der Waals surface area contributed by atoms with E-state index in [4.69, 9.17) is 5.73 Å². The molecule has 1 aliphatic heterocycles. The van der Waals surface area contributed by atoms with Crippen LogP contribution in [0.2, 0.25) is 0 Å². The highest BCUT2D eigenvalue weighted by molar-refractivity contribution is 5.70. The molecule has 0 saturated heterocycles. The van der Waals surface area contributed by atoms with Crippen molar-refractivity contribution in [3.63, 3.8) is 0 Å². The molecule has 0 atom stereocenters. The van der Waals surface area contributed by atoms with E-state index in [1.54, 1.807) is 0 Å². The number of nitrogens with zero attached hydrogens (tertiary/aromatic N) is 3. The molecule has 1 aromatic heterocycles. The summed E-state index contributed by atoms with van der Waals surface area (Å²) in [5.74, 6) is -0.536. The number of nitrogens with two attached hydrogens (primary N) is 1. The lowest BCUT2D eigenvalue weighted by Gasteiger charge is -2.19. The van der Waals surface area contributed by atoms with Crippen molar-refractivity contribution in [2.75, 3.05) is 5.73 Å². The predicted octanol–water partition coefficient (Wildman–Crippen LogP) is 3.03. The fourth-order valence-electron chi connectivity index (χ4n) is 2.82. The number of fused-ring (bicyclic) bond motifs is 3. The second-order valence-corrected chi connectivity index (χ2v) is 5.29. The highest BCUT2D eigenvalue weighted by Gasteiger charge is 2.22. The van der Waals surface area contributed by atoms with Crippen molar-refractivity contribution in [3.05, 3.63) is 53.6 Å². The maximum Gasteiger partial charge on any atom is 0.164 e. The van der Waals surface area contributed by atoms with Gasteiger partial charge in [0.15, 0.2) is 23.3 Å². The average molecular weight is 298 g/mol. The van der Waals surface area contributed by atoms with E-state index in [0.717, 1.165) is 29.7 Å². The number of aryl methyl sites for hydroxylation is 1. The minimum atomic E-state index is -0.893. The smallest absolute Gasteiger partial charge is 0.164 e. The van der Waals surface area contributed by atoms with Crippen LogP contribution in [0.4, 0.5) is 14.5 Å². The molecule has 2 heterocycles. The minimum Gasteiger partial charge on any atom is -0.399 e. The van der Waals surface area contributed by atoms with E-state index in [1.165, 1.54) is 6.07 Å². The molecule has 0 unspecified atom stereocenters. The van der Waals surface area contributed by atoms with E-state index >= 15 is 0 Å². The molecule has 4 rings (SSSR count). The van der Waals surface area contributed by atoms with Gasteiger partial charge in [0.25, 0.3) is 0 Å². The molecule has 22 heavy (non-hydrogen) atoms. The summed E-state index contributed by atoms with van der Waals surface area (Å²) in [6.07, 6.45) is 0.817. The first-order valence-electron chi connectivity index (χ1n) is 6.91. The molecule has 0 fully saturated rings. The molecule has 0 amide bonds. The van der Waals surface area contributed by atoms with E-state index in [-0.39, 0.29) is 0 Å². The lowest BCUT2D eigenvalue weighted by Crippen LogP contribution is -2.12. The zero-order valence-corrected chi connectivity index (χ0v) is 11.6. The quantitative estimate of drug-likeness (QED) is 0.703. The van der Waals surface area contributed by atoms with Gasteiger partial charge in [-0.25, -0.2) is 8.78 Å². The standard InChI is InChI=1S/C16H12F2N4/c17-13-4-2-10(7-14(13)18)15-20-21-16-12-8-11(19)3-1-9(12)5-6-22(15)16/h1-4,7-8H,5-6,19H2. The molecule has 110 valence electrons. The Morgan fingerprint density at radius 3 is 2.59 bits per heavy atom. The predicted molar refractivity (Wildman–Crippen MR) is 78.9 cm³/mol. The third-order valence-electron chi connectivity index (χ3n) is 3.91. The van der Waals surface area contributed by atoms with Crippen molar-refractivity contribution in [3.8, 4) is 22.8 Å². The van der Waals surface area contributed by atoms with E-state index in [9.17, 15) is 8.78 Å². The lowest BCUT2D eigenvalue weighted by atomic mass is 10.00. The fraction of sp³-hybridized carbons (Fsp3) is 0.125. The number of halogens is 2. The lowest BCUT2D eigenvalue weighted by molar-refractivity contribution is 0.509. The fourth-order valence-corrected chi connectivity index (χ4v) is 2.82. The van der Waals surface area contributed by atoms with E-state index < -0.39 is 11.6 Å². The van der Waals surface area contributed by atoms with Gasteiger partial charge >= 0.3 is 0 Å². The monoisotopic (exact) mass is 298 g/mol. The van der Waals surface area contributed by atoms with Crippen LogP contribution in [0, 0.1) is 11.6 Å². The van der Waals surface area contributed by atoms with Gasteiger partial charge in [-0.2, -0.15) is 0 Å². The summed E-state index contributed by atoms with van der Waals surface area (Å²) in [4.78, 5) is 0. The number of anilines is 1. The first-order chi connectivity index (χ1) is 10.6. The van der Waals surface area contributed by atoms with Crippen LogP contribution in [0.1, 0.15) is 5.56 Å². The molecule has 1 aliphatic rings. The van der Waals surface area contributed by atoms with Crippen molar-refractivity contribution in [1.29, 1.82) is 0 Å². The van der Waals surface area contributed by atoms with Crippen LogP contribution in [0.3, 0.4) is 0 Å². The second kappa shape index (κ2) is 4.62. The van der Waals surface area contributed by atoms with Crippen LogP contribution < -0.4 is 5.73 Å².